The smallest absolute Gasteiger partial charge is 0.416 e. The Hall–Kier alpha value is -3.10. The molecule has 0 fully saturated rings. The summed E-state index contributed by atoms with van der Waals surface area (Å²) in [5.74, 6) is -0.599. The average molecular weight is 340 g/mol. The maximum Gasteiger partial charge on any atom is 0.416 e. The van der Waals surface area contributed by atoms with Gasteiger partial charge in [0.1, 0.15) is 11.3 Å². The van der Waals surface area contributed by atoms with Gasteiger partial charge in [0.25, 0.3) is 11.6 Å². The highest BCUT2D eigenvalue weighted by Crippen LogP contribution is 2.30. The third-order valence-corrected chi connectivity index (χ3v) is 3.12. The summed E-state index contributed by atoms with van der Waals surface area (Å²) < 4.78 is 42.4. The molecule has 0 heterocycles. The summed E-state index contributed by atoms with van der Waals surface area (Å²) in [4.78, 5) is 22.5. The lowest BCUT2D eigenvalue weighted by atomic mass is 10.1. The Kier molecular flexibility index (Phi) is 4.72. The van der Waals surface area contributed by atoms with Gasteiger partial charge in [0.05, 0.1) is 17.6 Å². The number of anilines is 1. The second kappa shape index (κ2) is 6.57. The van der Waals surface area contributed by atoms with Gasteiger partial charge < -0.3 is 10.1 Å². The minimum absolute atomic E-state index is 0.0742. The molecular formula is C15H11F3N2O4. The van der Waals surface area contributed by atoms with Crippen LogP contribution in [0.25, 0.3) is 0 Å². The number of rotatable bonds is 4. The molecule has 0 spiro atoms. The second-order valence-corrected chi connectivity index (χ2v) is 4.67. The van der Waals surface area contributed by atoms with Crippen LogP contribution in [-0.2, 0) is 6.18 Å². The maximum atomic E-state index is 12.5. The molecule has 2 aromatic carbocycles. The number of alkyl halides is 3. The Morgan fingerprint density at radius 2 is 1.79 bits per heavy atom. The minimum atomic E-state index is -4.49. The van der Waals surface area contributed by atoms with E-state index >= 15 is 0 Å². The SMILES string of the molecule is COc1ccc([N+](=O)[O-])c(C(=O)Nc2ccc(C(F)(F)F)cc2)c1. The number of nitro benzene ring substituents is 1. The van der Waals surface area contributed by atoms with Gasteiger partial charge in [-0.2, -0.15) is 13.2 Å². The minimum Gasteiger partial charge on any atom is -0.497 e. The van der Waals surface area contributed by atoms with Crippen LogP contribution >= 0.6 is 0 Å². The lowest BCUT2D eigenvalue weighted by molar-refractivity contribution is -0.385. The summed E-state index contributed by atoms with van der Waals surface area (Å²) in [5, 5.41) is 13.3. The first-order valence-corrected chi connectivity index (χ1v) is 6.53. The number of nitrogens with one attached hydrogen (secondary N) is 1. The van der Waals surface area contributed by atoms with Gasteiger partial charge >= 0.3 is 6.18 Å². The van der Waals surface area contributed by atoms with Gasteiger partial charge in [-0.3, -0.25) is 14.9 Å². The zero-order valence-electron chi connectivity index (χ0n) is 12.3. The number of nitrogens with zero attached hydrogens (tertiary/aromatic N) is 1. The molecule has 2 aromatic rings. The van der Waals surface area contributed by atoms with Crippen molar-refractivity contribution in [1.82, 2.24) is 0 Å². The van der Waals surface area contributed by atoms with Gasteiger partial charge in [-0.05, 0) is 36.4 Å². The number of halogens is 3. The van der Waals surface area contributed by atoms with Crippen molar-refractivity contribution in [3.63, 3.8) is 0 Å². The fraction of sp³-hybridized carbons (Fsp3) is 0.133. The highest BCUT2D eigenvalue weighted by molar-refractivity contribution is 6.07. The van der Waals surface area contributed by atoms with Crippen molar-refractivity contribution in [3.05, 3.63) is 63.7 Å². The number of amides is 1. The van der Waals surface area contributed by atoms with Gasteiger partial charge in [0.15, 0.2) is 0 Å². The number of carbonyl (C=O) groups is 1. The molecule has 0 aliphatic carbocycles. The van der Waals surface area contributed by atoms with Crippen molar-refractivity contribution in [2.24, 2.45) is 0 Å². The second-order valence-electron chi connectivity index (χ2n) is 4.67. The van der Waals surface area contributed by atoms with E-state index < -0.39 is 28.3 Å². The van der Waals surface area contributed by atoms with E-state index in [0.717, 1.165) is 30.3 Å². The molecule has 2 rings (SSSR count). The molecule has 0 aliphatic heterocycles. The standard InChI is InChI=1S/C15H11F3N2O4/c1-24-11-6-7-13(20(22)23)12(8-11)14(21)19-10-4-2-9(3-5-10)15(16,17)18/h2-8H,1H3,(H,19,21). The number of hydrogen-bond donors (Lipinski definition) is 1. The van der Waals surface area contributed by atoms with Gasteiger partial charge in [-0.25, -0.2) is 0 Å². The van der Waals surface area contributed by atoms with E-state index in [2.05, 4.69) is 5.32 Å². The normalized spacial score (nSPS) is 11.0. The maximum absolute atomic E-state index is 12.5. The number of ether oxygens (including phenoxy) is 1. The van der Waals surface area contributed by atoms with Gasteiger partial charge in [0, 0.05) is 11.8 Å². The van der Waals surface area contributed by atoms with E-state index in [1.807, 2.05) is 0 Å². The number of methoxy groups -OCH3 is 1. The summed E-state index contributed by atoms with van der Waals surface area (Å²) in [6.45, 7) is 0. The van der Waals surface area contributed by atoms with E-state index in [4.69, 9.17) is 4.74 Å². The van der Waals surface area contributed by atoms with Gasteiger partial charge in [-0.15, -0.1) is 0 Å². The van der Waals surface area contributed by atoms with Crippen LogP contribution in [0.5, 0.6) is 5.75 Å². The van der Waals surface area contributed by atoms with Gasteiger partial charge in [0.2, 0.25) is 0 Å². The fourth-order valence-electron chi connectivity index (χ4n) is 1.92. The molecule has 0 saturated heterocycles. The van der Waals surface area contributed by atoms with Crippen molar-refractivity contribution in [1.29, 1.82) is 0 Å². The predicted octanol–water partition coefficient (Wildman–Crippen LogP) is 3.87. The Bertz CT molecular complexity index is 773. The molecule has 6 nitrogen and oxygen atoms in total. The van der Waals surface area contributed by atoms with Crippen molar-refractivity contribution in [3.8, 4) is 5.75 Å². The van der Waals surface area contributed by atoms with E-state index in [1.165, 1.54) is 19.2 Å². The summed E-state index contributed by atoms with van der Waals surface area (Å²) in [6, 6.07) is 7.34. The quantitative estimate of drug-likeness (QED) is 0.676. The van der Waals surface area contributed by atoms with Crippen molar-refractivity contribution in [2.75, 3.05) is 12.4 Å². The average Bonchev–Trinajstić information content (AvgIpc) is 2.53. The third-order valence-electron chi connectivity index (χ3n) is 3.12. The predicted molar refractivity (Wildman–Crippen MR) is 79.0 cm³/mol. The summed E-state index contributed by atoms with van der Waals surface area (Å²) in [7, 11) is 1.33. The molecule has 0 aromatic heterocycles. The Morgan fingerprint density at radius 3 is 2.29 bits per heavy atom. The van der Waals surface area contributed by atoms with E-state index in [-0.39, 0.29) is 17.0 Å². The van der Waals surface area contributed by atoms with Crippen LogP contribution in [-0.4, -0.2) is 17.9 Å². The summed E-state index contributed by atoms with van der Waals surface area (Å²) in [5.41, 5.74) is -1.50. The van der Waals surface area contributed by atoms with E-state index in [9.17, 15) is 28.1 Å². The first-order chi connectivity index (χ1) is 11.2. The molecular weight excluding hydrogens is 329 g/mol. The first kappa shape index (κ1) is 17.3. The topological polar surface area (TPSA) is 81.5 Å². The van der Waals surface area contributed by atoms with Crippen molar-refractivity contribution < 1.29 is 27.6 Å². The van der Waals surface area contributed by atoms with E-state index in [0.29, 0.717) is 0 Å². The molecule has 0 unspecified atom stereocenters. The molecule has 126 valence electrons. The highest BCUT2D eigenvalue weighted by Gasteiger charge is 2.30. The summed E-state index contributed by atoms with van der Waals surface area (Å²) >= 11 is 0. The summed E-state index contributed by atoms with van der Waals surface area (Å²) in [6.07, 6.45) is -4.49. The molecule has 1 N–H and O–H groups in total. The van der Waals surface area contributed by atoms with Crippen LogP contribution in [0.2, 0.25) is 0 Å². The fourth-order valence-corrected chi connectivity index (χ4v) is 1.92. The molecule has 0 aliphatic rings. The van der Waals surface area contributed by atoms with Crippen LogP contribution < -0.4 is 10.1 Å². The van der Waals surface area contributed by atoms with Crippen LogP contribution in [0.15, 0.2) is 42.5 Å². The molecule has 24 heavy (non-hydrogen) atoms. The lowest BCUT2D eigenvalue weighted by Crippen LogP contribution is -2.14. The van der Waals surface area contributed by atoms with Crippen LogP contribution in [0, 0.1) is 10.1 Å². The third kappa shape index (κ3) is 3.80. The molecule has 0 saturated carbocycles. The molecule has 0 atom stereocenters. The Balaban J connectivity index is 2.28. The Labute approximate surface area is 134 Å². The number of carbonyl (C=O) groups excluding carboxylic acids is 1. The number of nitro groups is 1. The van der Waals surface area contributed by atoms with Crippen LogP contribution in [0.1, 0.15) is 15.9 Å². The molecule has 1 amide bonds. The van der Waals surface area contributed by atoms with Crippen molar-refractivity contribution in [2.45, 2.75) is 6.18 Å². The Morgan fingerprint density at radius 1 is 1.17 bits per heavy atom. The zero-order chi connectivity index (χ0) is 17.9. The van der Waals surface area contributed by atoms with Crippen molar-refractivity contribution >= 4 is 17.3 Å². The first-order valence-electron chi connectivity index (χ1n) is 6.53. The molecule has 0 bridgehead atoms. The van der Waals surface area contributed by atoms with Crippen LogP contribution in [0.3, 0.4) is 0 Å². The number of hydrogen-bond acceptors (Lipinski definition) is 4. The van der Waals surface area contributed by atoms with Gasteiger partial charge in [-0.1, -0.05) is 0 Å². The zero-order valence-corrected chi connectivity index (χ0v) is 12.3. The largest absolute Gasteiger partial charge is 0.497 e. The monoisotopic (exact) mass is 340 g/mol. The number of benzene rings is 2. The van der Waals surface area contributed by atoms with E-state index in [1.54, 1.807) is 0 Å². The molecule has 9 heteroatoms. The highest BCUT2D eigenvalue weighted by atomic mass is 19.4. The molecule has 0 radical (unpaired) electrons. The lowest BCUT2D eigenvalue weighted by Gasteiger charge is -2.09. The van der Waals surface area contributed by atoms with Crippen LogP contribution in [0.4, 0.5) is 24.5 Å².